The number of hydrogen-bond donors (Lipinski definition) is 2. The number of hydrogen-bond acceptors (Lipinski definition) is 4. The van der Waals surface area contributed by atoms with Crippen LogP contribution in [-0.4, -0.2) is 33.5 Å². The lowest BCUT2D eigenvalue weighted by Gasteiger charge is -2.10. The van der Waals surface area contributed by atoms with Crippen LogP contribution >= 0.6 is 12.4 Å². The summed E-state index contributed by atoms with van der Waals surface area (Å²) < 4.78 is 1.58. The van der Waals surface area contributed by atoms with Crippen molar-refractivity contribution in [3.8, 4) is 5.69 Å². The molecule has 1 heterocycles. The summed E-state index contributed by atoms with van der Waals surface area (Å²) in [6.45, 7) is 0.488. The molecule has 1 aromatic heterocycles. The van der Waals surface area contributed by atoms with Gasteiger partial charge in [0.15, 0.2) is 5.69 Å². The Morgan fingerprint density at radius 1 is 1.38 bits per heavy atom. The first kappa shape index (κ1) is 15.5. The molecule has 1 aliphatic rings. The largest absolute Gasteiger partial charge is 0.349 e. The minimum Gasteiger partial charge on any atom is -0.349 e. The first-order valence-corrected chi connectivity index (χ1v) is 6.75. The van der Waals surface area contributed by atoms with Gasteiger partial charge in [0.25, 0.3) is 5.91 Å². The summed E-state index contributed by atoms with van der Waals surface area (Å²) in [5.41, 5.74) is 7.12. The summed E-state index contributed by atoms with van der Waals surface area (Å²) in [5.74, 6) is 0.332. The van der Waals surface area contributed by atoms with E-state index in [0.29, 0.717) is 18.2 Å². The SMILES string of the molecule is Cl.NC(CNC(=O)c1cn(-c2ccccc2)nn1)C1CC1. The lowest BCUT2D eigenvalue weighted by atomic mass is 10.2. The second-order valence-electron chi connectivity index (χ2n) is 5.10. The number of carbonyl (C=O) groups is 1. The van der Waals surface area contributed by atoms with Crippen LogP contribution in [0.2, 0.25) is 0 Å². The highest BCUT2D eigenvalue weighted by molar-refractivity contribution is 5.91. The smallest absolute Gasteiger partial charge is 0.273 e. The molecular weight excluding hydrogens is 290 g/mol. The molecule has 6 nitrogen and oxygen atoms in total. The number of nitrogens with zero attached hydrogens (tertiary/aromatic N) is 3. The van der Waals surface area contributed by atoms with Crippen molar-refractivity contribution >= 4 is 18.3 Å². The van der Waals surface area contributed by atoms with E-state index in [1.807, 2.05) is 30.3 Å². The van der Waals surface area contributed by atoms with Gasteiger partial charge in [-0.05, 0) is 30.9 Å². The first-order chi connectivity index (χ1) is 9.74. The Morgan fingerprint density at radius 3 is 2.76 bits per heavy atom. The average Bonchev–Trinajstić information content (AvgIpc) is 3.22. The number of para-hydroxylation sites is 1. The van der Waals surface area contributed by atoms with Crippen molar-refractivity contribution in [3.63, 3.8) is 0 Å². The zero-order valence-corrected chi connectivity index (χ0v) is 12.3. The number of rotatable bonds is 5. The lowest BCUT2D eigenvalue weighted by Crippen LogP contribution is -2.38. The molecule has 112 valence electrons. The zero-order valence-electron chi connectivity index (χ0n) is 11.5. The summed E-state index contributed by atoms with van der Waals surface area (Å²) in [7, 11) is 0. The molecule has 1 fully saturated rings. The fourth-order valence-corrected chi connectivity index (χ4v) is 2.07. The molecule has 1 atom stereocenters. The van der Waals surface area contributed by atoms with Gasteiger partial charge in [0, 0.05) is 12.6 Å². The Labute approximate surface area is 129 Å². The summed E-state index contributed by atoms with van der Waals surface area (Å²) in [4.78, 5) is 12.0. The highest BCUT2D eigenvalue weighted by atomic mass is 35.5. The van der Waals surface area contributed by atoms with Gasteiger partial charge in [-0.1, -0.05) is 23.4 Å². The predicted octanol–water partition coefficient (Wildman–Crippen LogP) is 1.16. The third kappa shape index (κ3) is 3.80. The van der Waals surface area contributed by atoms with E-state index in [9.17, 15) is 4.79 Å². The van der Waals surface area contributed by atoms with Crippen LogP contribution in [0.25, 0.3) is 5.69 Å². The van der Waals surface area contributed by atoms with Crippen LogP contribution in [0.1, 0.15) is 23.3 Å². The molecule has 1 unspecified atom stereocenters. The van der Waals surface area contributed by atoms with Crippen LogP contribution < -0.4 is 11.1 Å². The van der Waals surface area contributed by atoms with Crippen molar-refractivity contribution in [1.82, 2.24) is 20.3 Å². The molecule has 0 spiro atoms. The van der Waals surface area contributed by atoms with Crippen LogP contribution in [0.5, 0.6) is 0 Å². The lowest BCUT2D eigenvalue weighted by molar-refractivity contribution is 0.0945. The Balaban J connectivity index is 0.00000161. The van der Waals surface area contributed by atoms with Gasteiger partial charge >= 0.3 is 0 Å². The molecule has 3 N–H and O–H groups in total. The van der Waals surface area contributed by atoms with Gasteiger partial charge in [0.2, 0.25) is 0 Å². The summed E-state index contributed by atoms with van der Waals surface area (Å²) in [6, 6.07) is 9.59. The monoisotopic (exact) mass is 307 g/mol. The van der Waals surface area contributed by atoms with Crippen molar-refractivity contribution in [1.29, 1.82) is 0 Å². The van der Waals surface area contributed by atoms with Crippen LogP contribution in [0.4, 0.5) is 0 Å². The fraction of sp³-hybridized carbons (Fsp3) is 0.357. The molecular formula is C14H18ClN5O. The topological polar surface area (TPSA) is 85.8 Å². The molecule has 1 aliphatic carbocycles. The maximum atomic E-state index is 12.0. The minimum atomic E-state index is -0.233. The van der Waals surface area contributed by atoms with Gasteiger partial charge < -0.3 is 11.1 Å². The van der Waals surface area contributed by atoms with E-state index >= 15 is 0 Å². The van der Waals surface area contributed by atoms with Gasteiger partial charge in [-0.3, -0.25) is 4.79 Å². The molecule has 0 bridgehead atoms. The van der Waals surface area contributed by atoms with E-state index < -0.39 is 0 Å². The normalized spacial score (nSPS) is 15.1. The van der Waals surface area contributed by atoms with Gasteiger partial charge in [0.05, 0.1) is 11.9 Å². The van der Waals surface area contributed by atoms with Crippen molar-refractivity contribution < 1.29 is 4.79 Å². The Kier molecular flexibility index (Phi) is 4.93. The quantitative estimate of drug-likeness (QED) is 0.868. The molecule has 2 aromatic rings. The molecule has 0 saturated heterocycles. The van der Waals surface area contributed by atoms with Gasteiger partial charge in [-0.2, -0.15) is 0 Å². The molecule has 0 aliphatic heterocycles. The van der Waals surface area contributed by atoms with E-state index in [1.165, 1.54) is 12.8 Å². The summed E-state index contributed by atoms with van der Waals surface area (Å²) in [5, 5.41) is 10.7. The van der Waals surface area contributed by atoms with Crippen LogP contribution in [0.15, 0.2) is 36.5 Å². The Hall–Kier alpha value is -1.92. The third-order valence-corrected chi connectivity index (χ3v) is 3.47. The van der Waals surface area contributed by atoms with Crippen LogP contribution in [0.3, 0.4) is 0 Å². The maximum Gasteiger partial charge on any atom is 0.273 e. The number of amides is 1. The number of aromatic nitrogens is 3. The fourth-order valence-electron chi connectivity index (χ4n) is 2.07. The molecule has 21 heavy (non-hydrogen) atoms. The Morgan fingerprint density at radius 2 is 2.10 bits per heavy atom. The maximum absolute atomic E-state index is 12.0. The molecule has 0 radical (unpaired) electrons. The van der Waals surface area contributed by atoms with E-state index in [0.717, 1.165) is 5.69 Å². The molecule has 1 saturated carbocycles. The minimum absolute atomic E-state index is 0. The second kappa shape index (κ2) is 6.69. The molecule has 1 aromatic carbocycles. The number of halogens is 1. The van der Waals surface area contributed by atoms with Gasteiger partial charge in [-0.15, -0.1) is 17.5 Å². The number of nitrogens with two attached hydrogens (primary N) is 1. The number of carbonyl (C=O) groups excluding carboxylic acids is 1. The van der Waals surface area contributed by atoms with Gasteiger partial charge in [0.1, 0.15) is 0 Å². The van der Waals surface area contributed by atoms with E-state index in [4.69, 9.17) is 5.73 Å². The van der Waals surface area contributed by atoms with Crippen molar-refractivity contribution in [3.05, 3.63) is 42.2 Å². The molecule has 7 heteroatoms. The zero-order chi connectivity index (χ0) is 13.9. The average molecular weight is 308 g/mol. The van der Waals surface area contributed by atoms with Crippen LogP contribution in [0, 0.1) is 5.92 Å². The van der Waals surface area contributed by atoms with E-state index in [2.05, 4.69) is 15.6 Å². The van der Waals surface area contributed by atoms with Crippen molar-refractivity contribution in [2.24, 2.45) is 11.7 Å². The number of benzene rings is 1. The highest BCUT2D eigenvalue weighted by Crippen LogP contribution is 2.31. The second-order valence-corrected chi connectivity index (χ2v) is 5.10. The highest BCUT2D eigenvalue weighted by Gasteiger charge is 2.28. The summed E-state index contributed by atoms with van der Waals surface area (Å²) in [6.07, 6.45) is 3.95. The number of nitrogens with one attached hydrogen (secondary N) is 1. The Bertz CT molecular complexity index is 596. The molecule has 3 rings (SSSR count). The predicted molar refractivity (Wildman–Crippen MR) is 81.6 cm³/mol. The van der Waals surface area contributed by atoms with Gasteiger partial charge in [-0.25, -0.2) is 4.68 Å². The van der Waals surface area contributed by atoms with Crippen LogP contribution in [-0.2, 0) is 0 Å². The standard InChI is InChI=1S/C14H17N5O.ClH/c15-12(10-6-7-10)8-16-14(20)13-9-19(18-17-13)11-4-2-1-3-5-11;/h1-5,9-10,12H,6-8,15H2,(H,16,20);1H. The third-order valence-electron chi connectivity index (χ3n) is 3.47. The molecule has 1 amide bonds. The van der Waals surface area contributed by atoms with E-state index in [-0.39, 0.29) is 24.4 Å². The van der Waals surface area contributed by atoms with Crippen molar-refractivity contribution in [2.75, 3.05) is 6.54 Å². The van der Waals surface area contributed by atoms with Crippen molar-refractivity contribution in [2.45, 2.75) is 18.9 Å². The first-order valence-electron chi connectivity index (χ1n) is 6.75. The van der Waals surface area contributed by atoms with E-state index in [1.54, 1.807) is 10.9 Å². The summed E-state index contributed by atoms with van der Waals surface area (Å²) >= 11 is 0.